The van der Waals surface area contributed by atoms with E-state index >= 15 is 0 Å². The van der Waals surface area contributed by atoms with E-state index in [1.807, 2.05) is 0 Å². The second kappa shape index (κ2) is 7.61. The van der Waals surface area contributed by atoms with Crippen LogP contribution in [0.2, 0.25) is 0 Å². The normalized spacial score (nSPS) is 25.5. The number of carbonyl (C=O) groups excluding carboxylic acids is 1. The lowest BCUT2D eigenvalue weighted by molar-refractivity contribution is -0.137. The van der Waals surface area contributed by atoms with Gasteiger partial charge in [-0.05, 0) is 49.9 Å². The third-order valence-corrected chi connectivity index (χ3v) is 4.97. The van der Waals surface area contributed by atoms with Gasteiger partial charge in [0.2, 0.25) is 5.91 Å². The van der Waals surface area contributed by atoms with E-state index in [1.54, 1.807) is 0 Å². The molecule has 1 aromatic rings. The highest BCUT2D eigenvalue weighted by atomic mass is 79.9. The Morgan fingerprint density at radius 1 is 1.19 bits per heavy atom. The number of carbonyl (C=O) groups is 1. The van der Waals surface area contributed by atoms with Crippen LogP contribution < -0.4 is 5.32 Å². The molecule has 2 atom stereocenters. The molecule has 5 heteroatoms. The summed E-state index contributed by atoms with van der Waals surface area (Å²) in [5.41, 5.74) is 1.27. The summed E-state index contributed by atoms with van der Waals surface area (Å²) in [7, 11) is 0. The third-order valence-electron chi connectivity index (χ3n) is 4.44. The molecule has 116 valence electrons. The van der Waals surface area contributed by atoms with Gasteiger partial charge in [0.05, 0.1) is 12.0 Å². The molecule has 1 amide bonds. The number of nitrogens with zero attached hydrogens (tertiary/aromatic N) is 1. The van der Waals surface area contributed by atoms with E-state index < -0.39 is 0 Å². The van der Waals surface area contributed by atoms with Gasteiger partial charge >= 0.3 is 0 Å². The zero-order valence-electron chi connectivity index (χ0n) is 12.1. The molecular formula is C16H22BrClN2O. The van der Waals surface area contributed by atoms with Gasteiger partial charge in [-0.15, -0.1) is 12.4 Å². The zero-order valence-corrected chi connectivity index (χ0v) is 14.5. The quantitative estimate of drug-likeness (QED) is 0.860. The van der Waals surface area contributed by atoms with Gasteiger partial charge in [0.25, 0.3) is 0 Å². The molecule has 1 aromatic carbocycles. The van der Waals surface area contributed by atoms with Gasteiger partial charge in [-0.2, -0.15) is 0 Å². The highest BCUT2D eigenvalue weighted by Crippen LogP contribution is 2.34. The van der Waals surface area contributed by atoms with Crippen LogP contribution in [0, 0.1) is 5.92 Å². The van der Waals surface area contributed by atoms with E-state index in [1.165, 1.54) is 5.56 Å². The van der Waals surface area contributed by atoms with Gasteiger partial charge < -0.3 is 10.2 Å². The molecule has 0 spiro atoms. The first-order chi connectivity index (χ1) is 9.75. The number of rotatable bonds is 2. The van der Waals surface area contributed by atoms with Crippen LogP contribution in [0.3, 0.4) is 0 Å². The molecular weight excluding hydrogens is 352 g/mol. The maximum absolute atomic E-state index is 12.7. The second-order valence-corrected chi connectivity index (χ2v) is 6.70. The average Bonchev–Trinajstić information content (AvgIpc) is 2.97. The summed E-state index contributed by atoms with van der Waals surface area (Å²) in [4.78, 5) is 14.8. The van der Waals surface area contributed by atoms with Crippen molar-refractivity contribution >= 4 is 34.2 Å². The molecule has 2 aliphatic rings. The van der Waals surface area contributed by atoms with Crippen molar-refractivity contribution in [3.63, 3.8) is 0 Å². The first-order valence-corrected chi connectivity index (χ1v) is 8.31. The summed E-state index contributed by atoms with van der Waals surface area (Å²) in [6.45, 7) is 2.82. The highest BCUT2D eigenvalue weighted by molar-refractivity contribution is 9.10. The Kier molecular flexibility index (Phi) is 6.08. The number of amides is 1. The Morgan fingerprint density at radius 3 is 2.62 bits per heavy atom. The number of piperidine rings is 1. The molecule has 0 saturated carbocycles. The van der Waals surface area contributed by atoms with Crippen molar-refractivity contribution < 1.29 is 4.79 Å². The molecule has 1 N–H and O–H groups in total. The third kappa shape index (κ3) is 3.79. The molecule has 2 unspecified atom stereocenters. The Hall–Kier alpha value is -0.580. The Morgan fingerprint density at radius 2 is 1.95 bits per heavy atom. The van der Waals surface area contributed by atoms with Crippen molar-refractivity contribution in [3.05, 3.63) is 34.3 Å². The fourth-order valence-corrected chi connectivity index (χ4v) is 3.62. The summed E-state index contributed by atoms with van der Waals surface area (Å²) >= 11 is 3.47. The summed E-state index contributed by atoms with van der Waals surface area (Å²) in [5, 5.41) is 3.35. The average molecular weight is 374 g/mol. The van der Waals surface area contributed by atoms with E-state index in [0.29, 0.717) is 5.91 Å². The fraction of sp³-hybridized carbons (Fsp3) is 0.562. The lowest BCUT2D eigenvalue weighted by Crippen LogP contribution is -2.42. The Labute approximate surface area is 141 Å². The van der Waals surface area contributed by atoms with Crippen LogP contribution in [-0.2, 0) is 4.79 Å². The van der Waals surface area contributed by atoms with Gasteiger partial charge in [-0.3, -0.25) is 4.79 Å². The van der Waals surface area contributed by atoms with Gasteiger partial charge in [0, 0.05) is 17.6 Å². The van der Waals surface area contributed by atoms with Crippen LogP contribution in [-0.4, -0.2) is 30.4 Å². The standard InChI is InChI=1S/C16H21BrN2O.ClH/c17-14-7-5-12(6-8-14)15-4-2-10-19(15)16(20)13-3-1-9-18-11-13;/h5-8,13,15,18H,1-4,9-11H2;1H. The van der Waals surface area contributed by atoms with E-state index in [0.717, 1.165) is 49.8 Å². The van der Waals surface area contributed by atoms with E-state index in [-0.39, 0.29) is 24.4 Å². The number of likely N-dealkylation sites (tertiary alicyclic amines) is 1. The van der Waals surface area contributed by atoms with Crippen molar-refractivity contribution in [3.8, 4) is 0 Å². The fourth-order valence-electron chi connectivity index (χ4n) is 3.36. The zero-order chi connectivity index (χ0) is 13.9. The van der Waals surface area contributed by atoms with Crippen molar-refractivity contribution in [1.82, 2.24) is 10.2 Å². The minimum atomic E-state index is 0. The van der Waals surface area contributed by atoms with Crippen LogP contribution in [0.1, 0.15) is 37.3 Å². The second-order valence-electron chi connectivity index (χ2n) is 5.78. The monoisotopic (exact) mass is 372 g/mol. The van der Waals surface area contributed by atoms with E-state index in [4.69, 9.17) is 0 Å². The molecule has 2 saturated heterocycles. The van der Waals surface area contributed by atoms with Crippen LogP contribution in [0.5, 0.6) is 0 Å². The molecule has 0 aromatic heterocycles. The number of nitrogens with one attached hydrogen (secondary N) is 1. The van der Waals surface area contributed by atoms with Crippen LogP contribution >= 0.6 is 28.3 Å². The molecule has 2 heterocycles. The molecule has 3 nitrogen and oxygen atoms in total. The van der Waals surface area contributed by atoms with Gasteiger partial charge in [0.15, 0.2) is 0 Å². The summed E-state index contributed by atoms with van der Waals surface area (Å²) in [5.74, 6) is 0.530. The van der Waals surface area contributed by atoms with Gasteiger partial charge in [-0.1, -0.05) is 28.1 Å². The SMILES string of the molecule is Cl.O=C(C1CCCNC1)N1CCCC1c1ccc(Br)cc1. The first-order valence-electron chi connectivity index (χ1n) is 7.52. The maximum atomic E-state index is 12.7. The molecule has 2 aliphatic heterocycles. The van der Waals surface area contributed by atoms with Crippen molar-refractivity contribution in [1.29, 1.82) is 0 Å². The maximum Gasteiger partial charge on any atom is 0.227 e. The summed E-state index contributed by atoms with van der Waals surface area (Å²) < 4.78 is 1.09. The number of benzene rings is 1. The smallest absolute Gasteiger partial charge is 0.227 e. The van der Waals surface area contributed by atoms with Crippen LogP contribution in [0.15, 0.2) is 28.7 Å². The Balaban J connectivity index is 0.00000161. The van der Waals surface area contributed by atoms with Crippen molar-refractivity contribution in [2.45, 2.75) is 31.7 Å². The number of hydrogen-bond acceptors (Lipinski definition) is 2. The summed E-state index contributed by atoms with van der Waals surface area (Å²) in [6.07, 6.45) is 4.36. The van der Waals surface area contributed by atoms with Gasteiger partial charge in [-0.25, -0.2) is 0 Å². The number of halogens is 2. The molecule has 0 aliphatic carbocycles. The van der Waals surface area contributed by atoms with E-state index in [9.17, 15) is 4.79 Å². The minimum Gasteiger partial charge on any atom is -0.335 e. The number of hydrogen-bond donors (Lipinski definition) is 1. The first kappa shape index (κ1) is 16.8. The van der Waals surface area contributed by atoms with Gasteiger partial charge in [0.1, 0.15) is 0 Å². The van der Waals surface area contributed by atoms with Crippen molar-refractivity contribution in [2.75, 3.05) is 19.6 Å². The lowest BCUT2D eigenvalue weighted by Gasteiger charge is -2.31. The topological polar surface area (TPSA) is 32.3 Å². The molecule has 0 radical (unpaired) electrons. The predicted octanol–water partition coefficient (Wildman–Crippen LogP) is 3.53. The molecule has 3 rings (SSSR count). The molecule has 21 heavy (non-hydrogen) atoms. The highest BCUT2D eigenvalue weighted by Gasteiger charge is 2.34. The largest absolute Gasteiger partial charge is 0.335 e. The van der Waals surface area contributed by atoms with Crippen LogP contribution in [0.4, 0.5) is 0 Å². The Bertz CT molecular complexity index is 474. The molecule has 2 fully saturated rings. The molecule has 0 bridgehead atoms. The van der Waals surface area contributed by atoms with Crippen molar-refractivity contribution in [2.24, 2.45) is 5.92 Å². The van der Waals surface area contributed by atoms with Crippen LogP contribution in [0.25, 0.3) is 0 Å². The predicted molar refractivity (Wildman–Crippen MR) is 90.7 cm³/mol. The lowest BCUT2D eigenvalue weighted by atomic mass is 9.97. The minimum absolute atomic E-state index is 0. The summed E-state index contributed by atoms with van der Waals surface area (Å²) in [6, 6.07) is 8.69. The van der Waals surface area contributed by atoms with E-state index in [2.05, 4.69) is 50.4 Å².